The first-order valence-corrected chi connectivity index (χ1v) is 7.05. The summed E-state index contributed by atoms with van der Waals surface area (Å²) in [7, 11) is 0. The number of benzene rings is 2. The van der Waals surface area contributed by atoms with Crippen LogP contribution in [0.15, 0.2) is 54.6 Å². The fourth-order valence-electron chi connectivity index (χ4n) is 2.19. The predicted octanol–water partition coefficient (Wildman–Crippen LogP) is 2.90. The number of anilines is 1. The number of hydrogen-bond donors (Lipinski definition) is 2. The van der Waals surface area contributed by atoms with E-state index in [-0.39, 0.29) is 12.0 Å². The van der Waals surface area contributed by atoms with E-state index < -0.39 is 0 Å². The largest absolute Gasteiger partial charge is 0.457 e. The second-order valence-electron chi connectivity index (χ2n) is 5.44. The molecule has 0 unspecified atom stereocenters. The molecule has 0 bridgehead atoms. The highest BCUT2D eigenvalue weighted by Crippen LogP contribution is 2.28. The Balaban J connectivity index is 1.57. The minimum atomic E-state index is -0.126. The predicted molar refractivity (Wildman–Crippen MR) is 81.8 cm³/mol. The zero-order chi connectivity index (χ0) is 14.5. The highest BCUT2D eigenvalue weighted by molar-refractivity contribution is 5.47. The van der Waals surface area contributed by atoms with Crippen LogP contribution in [0.2, 0.25) is 0 Å². The molecule has 0 radical (unpaired) electrons. The van der Waals surface area contributed by atoms with Crippen LogP contribution in [0.25, 0.3) is 0 Å². The van der Waals surface area contributed by atoms with Crippen LogP contribution in [0.4, 0.5) is 5.69 Å². The maximum absolute atomic E-state index is 9.38. The van der Waals surface area contributed by atoms with Crippen molar-refractivity contribution < 1.29 is 14.6 Å². The summed E-state index contributed by atoms with van der Waals surface area (Å²) in [6.07, 6.45) is 0. The molecule has 1 aliphatic rings. The van der Waals surface area contributed by atoms with Crippen molar-refractivity contribution in [3.05, 3.63) is 54.6 Å². The molecule has 110 valence electrons. The molecule has 0 aromatic heterocycles. The van der Waals surface area contributed by atoms with Gasteiger partial charge in [0.1, 0.15) is 11.5 Å². The first-order chi connectivity index (χ1) is 10.3. The first-order valence-electron chi connectivity index (χ1n) is 7.05. The summed E-state index contributed by atoms with van der Waals surface area (Å²) < 4.78 is 10.9. The van der Waals surface area contributed by atoms with Crippen molar-refractivity contribution in [2.45, 2.75) is 0 Å². The van der Waals surface area contributed by atoms with Gasteiger partial charge in [-0.2, -0.15) is 0 Å². The maximum Gasteiger partial charge on any atom is 0.127 e. The van der Waals surface area contributed by atoms with Gasteiger partial charge in [0.05, 0.1) is 25.2 Å². The van der Waals surface area contributed by atoms with Crippen LogP contribution in [0, 0.1) is 5.41 Å². The van der Waals surface area contributed by atoms with Crippen LogP contribution in [0.5, 0.6) is 11.5 Å². The van der Waals surface area contributed by atoms with Crippen molar-refractivity contribution in [2.75, 3.05) is 31.7 Å². The molecule has 0 atom stereocenters. The second kappa shape index (κ2) is 6.16. The fraction of sp³-hybridized carbons (Fsp3) is 0.294. The van der Waals surface area contributed by atoms with Gasteiger partial charge in [0.25, 0.3) is 0 Å². The molecule has 2 aromatic carbocycles. The van der Waals surface area contributed by atoms with Crippen LogP contribution in [-0.2, 0) is 4.74 Å². The highest BCUT2D eigenvalue weighted by atomic mass is 16.5. The average molecular weight is 285 g/mol. The molecule has 4 nitrogen and oxygen atoms in total. The Morgan fingerprint density at radius 3 is 2.24 bits per heavy atom. The zero-order valence-corrected chi connectivity index (χ0v) is 11.8. The topological polar surface area (TPSA) is 50.7 Å². The lowest BCUT2D eigenvalue weighted by molar-refractivity contribution is -0.128. The molecular formula is C17H19NO3. The number of aliphatic hydroxyl groups excluding tert-OH is 1. The molecule has 2 aromatic rings. The molecule has 1 aliphatic heterocycles. The Labute approximate surface area is 124 Å². The molecule has 0 aliphatic carbocycles. The number of ether oxygens (including phenoxy) is 2. The molecule has 0 saturated carbocycles. The third kappa shape index (κ3) is 3.35. The van der Waals surface area contributed by atoms with Crippen LogP contribution >= 0.6 is 0 Å². The molecule has 3 rings (SSSR count). The molecule has 1 heterocycles. The molecule has 1 fully saturated rings. The molecule has 21 heavy (non-hydrogen) atoms. The number of aliphatic hydroxyl groups is 1. The summed E-state index contributed by atoms with van der Waals surface area (Å²) in [5.41, 5.74) is 0.884. The third-order valence-corrected chi connectivity index (χ3v) is 3.65. The Hall–Kier alpha value is -2.04. The summed E-state index contributed by atoms with van der Waals surface area (Å²) in [6, 6.07) is 17.5. The van der Waals surface area contributed by atoms with E-state index in [1.54, 1.807) is 0 Å². The fourth-order valence-corrected chi connectivity index (χ4v) is 2.19. The molecule has 2 N–H and O–H groups in total. The van der Waals surface area contributed by atoms with Gasteiger partial charge < -0.3 is 19.9 Å². The lowest BCUT2D eigenvalue weighted by atomic mass is 9.87. The smallest absolute Gasteiger partial charge is 0.127 e. The first kappa shape index (κ1) is 13.9. The van der Waals surface area contributed by atoms with E-state index in [1.165, 1.54) is 0 Å². The summed E-state index contributed by atoms with van der Waals surface area (Å²) >= 11 is 0. The number of nitrogens with one attached hydrogen (secondary N) is 1. The summed E-state index contributed by atoms with van der Waals surface area (Å²) in [5, 5.41) is 12.7. The summed E-state index contributed by atoms with van der Waals surface area (Å²) in [5.74, 6) is 1.62. The van der Waals surface area contributed by atoms with Gasteiger partial charge in [-0.15, -0.1) is 0 Å². The summed E-state index contributed by atoms with van der Waals surface area (Å²) in [4.78, 5) is 0. The van der Waals surface area contributed by atoms with E-state index in [4.69, 9.17) is 9.47 Å². The highest BCUT2D eigenvalue weighted by Gasteiger charge is 2.37. The van der Waals surface area contributed by atoms with Crippen LogP contribution in [0.3, 0.4) is 0 Å². The average Bonchev–Trinajstić information content (AvgIpc) is 2.49. The molecule has 1 saturated heterocycles. The Morgan fingerprint density at radius 1 is 1.00 bits per heavy atom. The lowest BCUT2D eigenvalue weighted by Crippen LogP contribution is -2.50. The van der Waals surface area contributed by atoms with E-state index in [0.717, 1.165) is 17.2 Å². The van der Waals surface area contributed by atoms with Crippen LogP contribution in [-0.4, -0.2) is 31.5 Å². The van der Waals surface area contributed by atoms with Gasteiger partial charge >= 0.3 is 0 Å². The quantitative estimate of drug-likeness (QED) is 0.857. The van der Waals surface area contributed by atoms with Crippen molar-refractivity contribution in [3.63, 3.8) is 0 Å². The minimum Gasteiger partial charge on any atom is -0.457 e. The van der Waals surface area contributed by atoms with Crippen molar-refractivity contribution in [3.8, 4) is 11.5 Å². The Bertz CT molecular complexity index is 559. The van der Waals surface area contributed by atoms with E-state index in [2.05, 4.69) is 5.32 Å². The number of rotatable bonds is 6. The zero-order valence-electron chi connectivity index (χ0n) is 11.8. The van der Waals surface area contributed by atoms with E-state index >= 15 is 0 Å². The number of hydrogen-bond acceptors (Lipinski definition) is 4. The normalized spacial score (nSPS) is 16.0. The lowest BCUT2D eigenvalue weighted by Gasteiger charge is -2.40. The Kier molecular flexibility index (Phi) is 4.08. The van der Waals surface area contributed by atoms with Gasteiger partial charge in [-0.05, 0) is 36.4 Å². The van der Waals surface area contributed by atoms with Crippen molar-refractivity contribution in [1.82, 2.24) is 0 Å². The monoisotopic (exact) mass is 285 g/mol. The minimum absolute atomic E-state index is 0.126. The van der Waals surface area contributed by atoms with Gasteiger partial charge in [0, 0.05) is 12.2 Å². The van der Waals surface area contributed by atoms with Crippen molar-refractivity contribution in [1.29, 1.82) is 0 Å². The van der Waals surface area contributed by atoms with Crippen molar-refractivity contribution >= 4 is 5.69 Å². The van der Waals surface area contributed by atoms with E-state index in [0.29, 0.717) is 19.8 Å². The van der Waals surface area contributed by atoms with E-state index in [1.807, 2.05) is 54.6 Å². The molecule has 0 amide bonds. The molecule has 0 spiro atoms. The SMILES string of the molecule is OCC1(CNc2ccc(Oc3ccccc3)cc2)COC1. The standard InChI is InChI=1S/C17H19NO3/c19-11-17(12-20-13-17)10-18-14-6-8-16(9-7-14)21-15-4-2-1-3-5-15/h1-9,18-19H,10-13H2. The summed E-state index contributed by atoms with van der Waals surface area (Å²) in [6.45, 7) is 2.09. The van der Waals surface area contributed by atoms with Gasteiger partial charge in [0.15, 0.2) is 0 Å². The van der Waals surface area contributed by atoms with Crippen molar-refractivity contribution in [2.24, 2.45) is 5.41 Å². The maximum atomic E-state index is 9.38. The third-order valence-electron chi connectivity index (χ3n) is 3.65. The van der Waals surface area contributed by atoms with Gasteiger partial charge in [-0.3, -0.25) is 0 Å². The van der Waals surface area contributed by atoms with E-state index in [9.17, 15) is 5.11 Å². The van der Waals surface area contributed by atoms with Crippen LogP contribution < -0.4 is 10.1 Å². The van der Waals surface area contributed by atoms with Gasteiger partial charge in [-0.25, -0.2) is 0 Å². The van der Waals surface area contributed by atoms with Gasteiger partial charge in [0.2, 0.25) is 0 Å². The molecule has 4 heteroatoms. The van der Waals surface area contributed by atoms with Crippen LogP contribution in [0.1, 0.15) is 0 Å². The number of para-hydroxylation sites is 1. The van der Waals surface area contributed by atoms with Gasteiger partial charge in [-0.1, -0.05) is 18.2 Å². The second-order valence-corrected chi connectivity index (χ2v) is 5.44. The Morgan fingerprint density at radius 2 is 1.67 bits per heavy atom. The molecular weight excluding hydrogens is 266 g/mol.